The largest absolute Gasteiger partial charge is 0.358 e. The first-order valence-electron chi connectivity index (χ1n) is 10.2. The molecule has 1 aliphatic rings. The molecule has 1 saturated heterocycles. The lowest BCUT2D eigenvalue weighted by molar-refractivity contribution is -0.127. The van der Waals surface area contributed by atoms with E-state index in [1.165, 1.54) is 5.69 Å². The second-order valence-electron chi connectivity index (χ2n) is 7.22. The number of aryl methyl sites for hydroxylation is 1. The number of hydrogen-bond donors (Lipinski definition) is 0. The summed E-state index contributed by atoms with van der Waals surface area (Å²) >= 11 is 0. The van der Waals surface area contributed by atoms with Crippen molar-refractivity contribution in [2.24, 2.45) is 0 Å². The van der Waals surface area contributed by atoms with Crippen LogP contribution in [0.3, 0.4) is 0 Å². The van der Waals surface area contributed by atoms with E-state index in [0.717, 1.165) is 50.4 Å². The van der Waals surface area contributed by atoms with Gasteiger partial charge in [0.1, 0.15) is 18.2 Å². The van der Waals surface area contributed by atoms with E-state index in [9.17, 15) is 4.79 Å². The first-order valence-corrected chi connectivity index (χ1v) is 10.2. The summed E-state index contributed by atoms with van der Waals surface area (Å²) in [5.41, 5.74) is 2.72. The van der Waals surface area contributed by atoms with E-state index in [0.29, 0.717) is 12.0 Å². The molecule has 0 atom stereocenters. The average Bonchev–Trinajstić information content (AvgIpc) is 3.42. The van der Waals surface area contributed by atoms with Crippen LogP contribution >= 0.6 is 0 Å². The number of likely N-dealkylation sites (N-methyl/N-ethyl adjacent to an activating group) is 1. The number of amides is 1. The van der Waals surface area contributed by atoms with Gasteiger partial charge in [-0.3, -0.25) is 4.79 Å². The zero-order valence-electron chi connectivity index (χ0n) is 17.5. The summed E-state index contributed by atoms with van der Waals surface area (Å²) in [6, 6.07) is 11.7. The number of fused-ring (bicyclic) bond motifs is 1. The molecular weight excluding hydrogens is 378 g/mol. The molecule has 3 aromatic heterocycles. The maximum atomic E-state index is 11.5. The minimum absolute atomic E-state index is 0.246. The number of nitriles is 1. The minimum atomic E-state index is 0.246. The fourth-order valence-electron chi connectivity index (χ4n) is 3.35. The van der Waals surface area contributed by atoms with Crippen molar-refractivity contribution in [3.05, 3.63) is 54.1 Å². The number of pyridine rings is 2. The molecule has 1 aliphatic heterocycles. The zero-order chi connectivity index (χ0) is 21.3. The van der Waals surface area contributed by atoms with Crippen molar-refractivity contribution in [2.45, 2.75) is 32.6 Å². The Morgan fingerprint density at radius 1 is 1.23 bits per heavy atom. The molecule has 8 nitrogen and oxygen atoms in total. The van der Waals surface area contributed by atoms with Gasteiger partial charge in [0.05, 0.1) is 5.56 Å². The second-order valence-corrected chi connectivity index (χ2v) is 7.22. The lowest BCUT2D eigenvalue weighted by atomic mass is 10.2. The van der Waals surface area contributed by atoms with Crippen molar-refractivity contribution >= 4 is 17.4 Å². The summed E-state index contributed by atoms with van der Waals surface area (Å²) in [5, 5.41) is 12.8. The number of aromatic nitrogens is 4. The highest BCUT2D eigenvalue weighted by atomic mass is 16.2. The Morgan fingerprint density at radius 2 is 2.10 bits per heavy atom. The minimum Gasteiger partial charge on any atom is -0.358 e. The predicted octanol–water partition coefficient (Wildman–Crippen LogP) is 2.69. The van der Waals surface area contributed by atoms with Gasteiger partial charge in [-0.2, -0.15) is 10.4 Å². The average molecular weight is 406 g/mol. The van der Waals surface area contributed by atoms with Crippen LogP contribution in [-0.2, 0) is 11.2 Å². The topological polar surface area (TPSA) is 90.4 Å². The summed E-state index contributed by atoms with van der Waals surface area (Å²) in [6.07, 6.45) is 7.00. The molecular formula is C22H27N7O. The first kappa shape index (κ1) is 21.2. The predicted molar refractivity (Wildman–Crippen MR) is 115 cm³/mol. The molecule has 0 radical (unpaired) electrons. The molecule has 4 heterocycles. The van der Waals surface area contributed by atoms with Gasteiger partial charge in [-0.15, -0.1) is 0 Å². The van der Waals surface area contributed by atoms with Crippen LogP contribution < -0.4 is 4.90 Å². The highest BCUT2D eigenvalue weighted by Crippen LogP contribution is 2.12. The lowest BCUT2D eigenvalue weighted by Gasteiger charge is -2.22. The Morgan fingerprint density at radius 3 is 2.77 bits per heavy atom. The number of carbonyl (C=O) groups is 1. The Balaban J connectivity index is 0.000000184. The summed E-state index contributed by atoms with van der Waals surface area (Å²) in [6.45, 7) is 4.52. The van der Waals surface area contributed by atoms with E-state index in [2.05, 4.69) is 28.1 Å². The van der Waals surface area contributed by atoms with Crippen LogP contribution in [-0.4, -0.2) is 57.1 Å². The number of rotatable bonds is 6. The standard InChI is InChI=1S/C13H16N4O.C9H11N3/c1-16(7-8-17-6-2-3-13(17)18)12-5-4-11(9-14)10-15-12;1-2-4-8-5-3-6-9-10-7-11-12(8)9/h4-5,10H,2-3,6-8H2,1H3;3,5-7H,2,4H2,1H3. The van der Waals surface area contributed by atoms with E-state index in [1.807, 2.05) is 45.6 Å². The second kappa shape index (κ2) is 10.3. The van der Waals surface area contributed by atoms with Crippen molar-refractivity contribution in [3.63, 3.8) is 0 Å². The molecule has 0 bridgehead atoms. The monoisotopic (exact) mass is 405 g/mol. The smallest absolute Gasteiger partial charge is 0.222 e. The van der Waals surface area contributed by atoms with Gasteiger partial charge >= 0.3 is 0 Å². The van der Waals surface area contributed by atoms with Crippen molar-refractivity contribution in [2.75, 3.05) is 31.6 Å². The van der Waals surface area contributed by atoms with Gasteiger partial charge in [0, 0.05) is 45.0 Å². The van der Waals surface area contributed by atoms with Gasteiger partial charge < -0.3 is 9.80 Å². The third kappa shape index (κ3) is 5.32. The molecule has 3 aromatic rings. The van der Waals surface area contributed by atoms with Gasteiger partial charge in [0.2, 0.25) is 5.91 Å². The molecule has 0 unspecified atom stereocenters. The van der Waals surface area contributed by atoms with Gasteiger partial charge in [0.25, 0.3) is 0 Å². The SMILES string of the molecule is CCCc1cccc2ncnn12.CN(CCN1CCCC1=O)c1ccc(C#N)cn1. The van der Waals surface area contributed by atoms with Crippen LogP contribution in [0.1, 0.15) is 37.4 Å². The molecule has 0 spiro atoms. The van der Waals surface area contributed by atoms with Crippen LogP contribution in [0.5, 0.6) is 0 Å². The third-order valence-electron chi connectivity index (χ3n) is 5.03. The van der Waals surface area contributed by atoms with Crippen LogP contribution in [0.15, 0.2) is 42.9 Å². The maximum absolute atomic E-state index is 11.5. The number of anilines is 1. The van der Waals surface area contributed by atoms with Crippen molar-refractivity contribution in [1.29, 1.82) is 5.26 Å². The molecule has 1 fully saturated rings. The summed E-state index contributed by atoms with van der Waals surface area (Å²) in [7, 11) is 1.94. The van der Waals surface area contributed by atoms with Crippen molar-refractivity contribution in [3.8, 4) is 6.07 Å². The van der Waals surface area contributed by atoms with Gasteiger partial charge in [-0.25, -0.2) is 14.5 Å². The number of hydrogen-bond acceptors (Lipinski definition) is 6. The molecule has 8 heteroatoms. The molecule has 1 amide bonds. The quantitative estimate of drug-likeness (QED) is 0.626. The van der Waals surface area contributed by atoms with Crippen molar-refractivity contribution < 1.29 is 4.79 Å². The van der Waals surface area contributed by atoms with E-state index >= 15 is 0 Å². The van der Waals surface area contributed by atoms with E-state index in [4.69, 9.17) is 5.26 Å². The normalized spacial score (nSPS) is 13.1. The highest BCUT2D eigenvalue weighted by molar-refractivity contribution is 5.78. The molecule has 30 heavy (non-hydrogen) atoms. The Hall–Kier alpha value is -3.47. The van der Waals surface area contributed by atoms with Gasteiger partial charge in [-0.05, 0) is 37.1 Å². The zero-order valence-corrected chi connectivity index (χ0v) is 17.5. The summed E-state index contributed by atoms with van der Waals surface area (Å²) < 4.78 is 1.89. The molecule has 156 valence electrons. The number of carbonyl (C=O) groups excluding carboxylic acids is 1. The van der Waals surface area contributed by atoms with Crippen LogP contribution in [0.2, 0.25) is 0 Å². The Labute approximate surface area is 176 Å². The maximum Gasteiger partial charge on any atom is 0.222 e. The fourth-order valence-corrected chi connectivity index (χ4v) is 3.35. The fraction of sp³-hybridized carbons (Fsp3) is 0.409. The van der Waals surface area contributed by atoms with E-state index in [-0.39, 0.29) is 5.91 Å². The summed E-state index contributed by atoms with van der Waals surface area (Å²) in [4.78, 5) is 23.7. The van der Waals surface area contributed by atoms with Gasteiger partial charge in [-0.1, -0.05) is 19.4 Å². The van der Waals surface area contributed by atoms with E-state index in [1.54, 1.807) is 18.6 Å². The number of likely N-dealkylation sites (tertiary alicyclic amines) is 1. The molecule has 0 aromatic carbocycles. The van der Waals surface area contributed by atoms with Gasteiger partial charge in [0.15, 0.2) is 5.65 Å². The van der Waals surface area contributed by atoms with Crippen molar-refractivity contribution in [1.82, 2.24) is 24.5 Å². The lowest BCUT2D eigenvalue weighted by Crippen LogP contribution is -2.34. The Kier molecular flexibility index (Phi) is 7.33. The third-order valence-corrected chi connectivity index (χ3v) is 5.03. The highest BCUT2D eigenvalue weighted by Gasteiger charge is 2.19. The van der Waals surface area contributed by atoms with Crippen LogP contribution in [0, 0.1) is 11.3 Å². The first-order chi connectivity index (χ1) is 14.6. The molecule has 0 N–H and O–H groups in total. The summed E-state index contributed by atoms with van der Waals surface area (Å²) in [5.74, 6) is 1.07. The number of nitrogens with zero attached hydrogens (tertiary/aromatic N) is 7. The van der Waals surface area contributed by atoms with Crippen LogP contribution in [0.25, 0.3) is 5.65 Å². The molecule has 0 aliphatic carbocycles. The Bertz CT molecular complexity index is 1010. The van der Waals surface area contributed by atoms with E-state index < -0.39 is 0 Å². The van der Waals surface area contributed by atoms with Crippen LogP contribution in [0.4, 0.5) is 5.82 Å². The molecule has 0 saturated carbocycles. The molecule has 4 rings (SSSR count).